The maximum Gasteiger partial charge on any atom is 0.329 e. The molecule has 0 radical (unpaired) electrons. The van der Waals surface area contributed by atoms with Gasteiger partial charge in [0.1, 0.15) is 6.04 Å². The molecule has 2 fully saturated rings. The summed E-state index contributed by atoms with van der Waals surface area (Å²) in [6.07, 6.45) is 7.14. The fraction of sp³-hybridized carbons (Fsp3) is 0.593. The lowest BCUT2D eigenvalue weighted by molar-refractivity contribution is -0.136. The molecule has 10 nitrogen and oxygen atoms in total. The summed E-state index contributed by atoms with van der Waals surface area (Å²) in [5.41, 5.74) is 13.2. The molecule has 37 heavy (non-hydrogen) atoms. The molecule has 0 spiro atoms. The predicted molar refractivity (Wildman–Crippen MR) is 146 cm³/mol. The van der Waals surface area contributed by atoms with E-state index in [-0.39, 0.29) is 17.7 Å². The summed E-state index contributed by atoms with van der Waals surface area (Å²) in [7, 11) is 0. The molecule has 6 N–H and O–H groups in total. The fourth-order valence-corrected chi connectivity index (χ4v) is 5.77. The molecule has 1 aliphatic carbocycles. The van der Waals surface area contributed by atoms with E-state index in [1.807, 2.05) is 17.0 Å². The number of imidazole rings is 1. The maximum absolute atomic E-state index is 13.9. The van der Waals surface area contributed by atoms with Gasteiger partial charge >= 0.3 is 5.69 Å². The van der Waals surface area contributed by atoms with Crippen LogP contribution in [0, 0.1) is 12.8 Å². The Morgan fingerprint density at radius 2 is 1.84 bits per heavy atom. The molecule has 1 aromatic heterocycles. The number of hydrogen-bond donors (Lipinski definition) is 4. The van der Waals surface area contributed by atoms with Gasteiger partial charge in [-0.1, -0.05) is 50.3 Å². The number of anilines is 1. The van der Waals surface area contributed by atoms with Crippen molar-refractivity contribution in [2.75, 3.05) is 37.6 Å². The highest BCUT2D eigenvalue weighted by atomic mass is 16.3. The first-order valence-electron chi connectivity index (χ1n) is 13.5. The smallest absolute Gasteiger partial charge is 0.329 e. The normalized spacial score (nSPS) is 17.5. The number of aromatic hydroxyl groups is 1. The largest absolute Gasteiger partial charge is 0.493 e. The monoisotopic (exact) mass is 511 g/mol. The van der Waals surface area contributed by atoms with Gasteiger partial charge in [-0.3, -0.25) is 14.4 Å². The number of nitrogens with zero attached hydrogens (tertiary/aromatic N) is 4. The summed E-state index contributed by atoms with van der Waals surface area (Å²) in [5.74, 6) is 0.138. The third-order valence-corrected chi connectivity index (χ3v) is 7.78. The van der Waals surface area contributed by atoms with Crippen molar-refractivity contribution in [2.45, 2.75) is 64.3 Å². The summed E-state index contributed by atoms with van der Waals surface area (Å²) >= 11 is 0. The van der Waals surface area contributed by atoms with Crippen LogP contribution in [-0.4, -0.2) is 64.1 Å². The molecule has 2 aromatic rings. The van der Waals surface area contributed by atoms with Crippen molar-refractivity contribution in [3.8, 4) is 5.88 Å². The zero-order chi connectivity index (χ0) is 26.4. The fourth-order valence-electron chi connectivity index (χ4n) is 5.77. The molecular weight excluding hydrogens is 470 g/mol. The second kappa shape index (κ2) is 12.2. The van der Waals surface area contributed by atoms with Crippen LogP contribution in [-0.2, 0) is 11.2 Å². The van der Waals surface area contributed by atoms with Gasteiger partial charge in [0, 0.05) is 38.4 Å². The van der Waals surface area contributed by atoms with E-state index in [1.54, 1.807) is 0 Å². The zero-order valence-electron chi connectivity index (χ0n) is 21.9. The number of para-hydroxylation sites is 1. The summed E-state index contributed by atoms with van der Waals surface area (Å²) < 4.78 is 1.29. The van der Waals surface area contributed by atoms with Crippen molar-refractivity contribution in [2.24, 2.45) is 22.4 Å². The highest BCUT2D eigenvalue weighted by molar-refractivity contribution is 5.81. The maximum atomic E-state index is 13.9. The van der Waals surface area contributed by atoms with Crippen molar-refractivity contribution in [3.05, 3.63) is 46.0 Å². The Hall–Kier alpha value is -3.43. The number of carbonyl (C=O) groups excluding carboxylic acids is 1. The number of aromatic amines is 1. The van der Waals surface area contributed by atoms with Crippen LogP contribution in [0.15, 0.2) is 34.1 Å². The van der Waals surface area contributed by atoms with Crippen molar-refractivity contribution in [1.29, 1.82) is 0 Å². The third kappa shape index (κ3) is 6.47. The number of amides is 1. The van der Waals surface area contributed by atoms with E-state index in [1.165, 1.54) is 22.2 Å². The van der Waals surface area contributed by atoms with Crippen LogP contribution in [0.1, 0.15) is 62.2 Å². The van der Waals surface area contributed by atoms with Gasteiger partial charge in [0.25, 0.3) is 0 Å². The number of nitrogens with two attached hydrogens (primary N) is 2. The Morgan fingerprint density at radius 3 is 2.51 bits per heavy atom. The Morgan fingerprint density at radius 1 is 1.14 bits per heavy atom. The van der Waals surface area contributed by atoms with Crippen LogP contribution in [0.5, 0.6) is 5.88 Å². The topological polar surface area (TPSA) is 146 Å². The van der Waals surface area contributed by atoms with Gasteiger partial charge in [-0.25, -0.2) is 4.79 Å². The third-order valence-electron chi connectivity index (χ3n) is 7.78. The minimum absolute atomic E-state index is 0.0101. The lowest BCUT2D eigenvalue weighted by Gasteiger charge is -2.38. The van der Waals surface area contributed by atoms with Crippen LogP contribution in [0.2, 0.25) is 0 Å². The quantitative estimate of drug-likeness (QED) is 0.231. The number of hydrogen-bond acceptors (Lipinski definition) is 5. The Labute approximate surface area is 218 Å². The van der Waals surface area contributed by atoms with E-state index in [0.717, 1.165) is 38.8 Å². The molecule has 0 unspecified atom stereocenters. The number of benzene rings is 1. The van der Waals surface area contributed by atoms with Gasteiger partial charge in [-0.2, -0.15) is 0 Å². The summed E-state index contributed by atoms with van der Waals surface area (Å²) in [6, 6.07) is 7.57. The number of aromatic nitrogens is 2. The number of aryl methyl sites for hydroxylation is 2. The molecule has 202 valence electrons. The summed E-state index contributed by atoms with van der Waals surface area (Å²) in [4.78, 5) is 37.9. The van der Waals surface area contributed by atoms with Crippen molar-refractivity contribution in [1.82, 2.24) is 14.5 Å². The zero-order valence-corrected chi connectivity index (χ0v) is 21.9. The molecule has 0 bridgehead atoms. The minimum atomic E-state index is -0.719. The average molecular weight is 512 g/mol. The molecular formula is C27H41N7O3. The Kier molecular flexibility index (Phi) is 8.78. The highest BCUT2D eigenvalue weighted by Gasteiger charge is 2.34. The summed E-state index contributed by atoms with van der Waals surface area (Å²) in [6.45, 7) is 5.13. The van der Waals surface area contributed by atoms with Gasteiger partial charge < -0.3 is 31.4 Å². The number of aliphatic imine (C=N–C) groups is 1. The van der Waals surface area contributed by atoms with E-state index in [9.17, 15) is 14.7 Å². The van der Waals surface area contributed by atoms with Crippen LogP contribution < -0.4 is 22.1 Å². The standard InChI is InChI=1S/C27H41N7O3/c1-19-8-5-6-12-22(19)32-14-16-33(17-15-32)25(36)23(18-20-9-3-2-4-10-20)34-24(35)21(31-27(34)37)11-7-13-30-26(28)29/h5-6,8,12,20,23,35H,2-4,7,9-11,13-18H2,1H3,(H,31,37)(H4,28,29,30)/t23-/m1/s1. The average Bonchev–Trinajstić information content (AvgIpc) is 3.18. The number of nitrogens with one attached hydrogen (secondary N) is 1. The molecule has 1 saturated heterocycles. The van der Waals surface area contributed by atoms with Gasteiger partial charge in [0.15, 0.2) is 5.96 Å². The van der Waals surface area contributed by atoms with Crippen LogP contribution >= 0.6 is 0 Å². The van der Waals surface area contributed by atoms with Crippen LogP contribution in [0.4, 0.5) is 5.69 Å². The van der Waals surface area contributed by atoms with E-state index in [0.29, 0.717) is 50.5 Å². The van der Waals surface area contributed by atoms with E-state index in [2.05, 4.69) is 33.9 Å². The molecule has 10 heteroatoms. The second-order valence-electron chi connectivity index (χ2n) is 10.4. The minimum Gasteiger partial charge on any atom is -0.493 e. The number of rotatable bonds is 9. The molecule has 1 saturated carbocycles. The number of guanidine groups is 1. The number of piperazine rings is 1. The summed E-state index contributed by atoms with van der Waals surface area (Å²) in [5, 5.41) is 11.1. The first-order valence-corrected chi connectivity index (χ1v) is 13.5. The van der Waals surface area contributed by atoms with E-state index >= 15 is 0 Å². The van der Waals surface area contributed by atoms with E-state index < -0.39 is 11.7 Å². The van der Waals surface area contributed by atoms with Crippen molar-refractivity contribution < 1.29 is 9.90 Å². The van der Waals surface area contributed by atoms with Crippen molar-refractivity contribution in [3.63, 3.8) is 0 Å². The van der Waals surface area contributed by atoms with Crippen LogP contribution in [0.25, 0.3) is 0 Å². The first kappa shape index (κ1) is 26.6. The van der Waals surface area contributed by atoms with Crippen LogP contribution in [0.3, 0.4) is 0 Å². The SMILES string of the molecule is Cc1ccccc1N1CCN(C(=O)[C@@H](CC2CCCCC2)n2c(O)c(CCCN=C(N)N)[nH]c2=O)CC1. The molecule has 2 heterocycles. The Balaban J connectivity index is 1.51. The molecule has 2 aliphatic rings. The second-order valence-corrected chi connectivity index (χ2v) is 10.4. The van der Waals surface area contributed by atoms with Gasteiger partial charge in [-0.15, -0.1) is 0 Å². The molecule has 1 aromatic carbocycles. The van der Waals surface area contributed by atoms with Gasteiger partial charge in [0.2, 0.25) is 11.8 Å². The van der Waals surface area contributed by atoms with Gasteiger partial charge in [-0.05, 0) is 43.7 Å². The lowest BCUT2D eigenvalue weighted by Crippen LogP contribution is -2.51. The predicted octanol–water partition coefficient (Wildman–Crippen LogP) is 2.26. The molecule has 1 atom stereocenters. The van der Waals surface area contributed by atoms with Gasteiger partial charge in [0.05, 0.1) is 5.69 Å². The Bertz CT molecular complexity index is 1140. The van der Waals surface area contributed by atoms with E-state index in [4.69, 9.17) is 11.5 Å². The molecule has 1 aliphatic heterocycles. The van der Waals surface area contributed by atoms with Crippen molar-refractivity contribution >= 4 is 17.6 Å². The number of carbonyl (C=O) groups is 1. The number of H-pyrrole nitrogens is 1. The molecule has 4 rings (SSSR count). The molecule has 1 amide bonds. The first-order chi connectivity index (χ1) is 17.8. The lowest BCUT2D eigenvalue weighted by atomic mass is 9.84. The highest BCUT2D eigenvalue weighted by Crippen LogP contribution is 2.34.